The number of nitro benzene ring substituents is 2. The normalized spacial score (nSPS) is 14.2. The van der Waals surface area contributed by atoms with Gasteiger partial charge in [0.2, 0.25) is 5.75 Å². The maximum absolute atomic E-state index is 13.0. The van der Waals surface area contributed by atoms with Crippen LogP contribution in [0.3, 0.4) is 0 Å². The van der Waals surface area contributed by atoms with Crippen molar-refractivity contribution in [3.8, 4) is 17.2 Å². The number of carbonyl (C=O) groups is 2. The van der Waals surface area contributed by atoms with E-state index in [1.807, 2.05) is 24.3 Å². The Kier molecular flexibility index (Phi) is 8.08. The summed E-state index contributed by atoms with van der Waals surface area (Å²) >= 11 is 4.24. The van der Waals surface area contributed by atoms with E-state index in [2.05, 4.69) is 15.9 Å². The number of benzene rings is 3. The Balaban J connectivity index is 1.60. The van der Waals surface area contributed by atoms with Crippen LogP contribution in [-0.4, -0.2) is 32.5 Å². The van der Waals surface area contributed by atoms with Gasteiger partial charge in [0, 0.05) is 10.5 Å². The van der Waals surface area contributed by atoms with E-state index in [1.165, 1.54) is 6.07 Å². The molecule has 1 heterocycles. The first kappa shape index (κ1) is 26.8. The standard InChI is InChI=1S/C25H18BrN3O8S/c1-2-36-22-11-15(7-9-21(22)37-20-10-8-17(28(32)33)13-19(20)29(34)35)12-23-24(30)27(25(31)38-23)14-16-5-3-4-6-18(16)26/h3-13H,2,14H2,1H3/b23-12-. The van der Waals surface area contributed by atoms with Crippen LogP contribution in [-0.2, 0) is 11.3 Å². The first-order valence-electron chi connectivity index (χ1n) is 11.0. The molecule has 0 bridgehead atoms. The Bertz CT molecular complexity index is 1490. The zero-order valence-corrected chi connectivity index (χ0v) is 22.1. The van der Waals surface area contributed by atoms with Crippen LogP contribution in [0.2, 0.25) is 0 Å². The summed E-state index contributed by atoms with van der Waals surface area (Å²) in [5.74, 6) is -0.289. The number of carbonyl (C=O) groups excluding carboxylic acids is 2. The zero-order chi connectivity index (χ0) is 27.4. The molecule has 11 nitrogen and oxygen atoms in total. The SMILES string of the molecule is CCOc1cc(/C=C2\SC(=O)N(Cc3ccccc3Br)C2=O)ccc1Oc1ccc([N+](=O)[O-])cc1[N+](=O)[O-]. The second kappa shape index (κ2) is 11.4. The van der Waals surface area contributed by atoms with Gasteiger partial charge < -0.3 is 9.47 Å². The van der Waals surface area contributed by atoms with Crippen molar-refractivity contribution >= 4 is 56.3 Å². The van der Waals surface area contributed by atoms with Gasteiger partial charge in [-0.1, -0.05) is 40.2 Å². The van der Waals surface area contributed by atoms with Crippen molar-refractivity contribution in [3.05, 3.63) is 101 Å². The monoisotopic (exact) mass is 599 g/mol. The van der Waals surface area contributed by atoms with E-state index in [4.69, 9.17) is 9.47 Å². The molecule has 1 aliphatic rings. The van der Waals surface area contributed by atoms with Crippen LogP contribution >= 0.6 is 27.7 Å². The van der Waals surface area contributed by atoms with E-state index in [0.29, 0.717) is 5.56 Å². The fraction of sp³-hybridized carbons (Fsp3) is 0.120. The number of imide groups is 1. The molecule has 1 fully saturated rings. The van der Waals surface area contributed by atoms with Gasteiger partial charge in [0.05, 0.1) is 34.0 Å². The molecule has 0 radical (unpaired) electrons. The number of hydrogen-bond donors (Lipinski definition) is 0. The largest absolute Gasteiger partial charge is 0.490 e. The average molecular weight is 600 g/mol. The maximum Gasteiger partial charge on any atom is 0.318 e. The summed E-state index contributed by atoms with van der Waals surface area (Å²) in [6.45, 7) is 2.09. The van der Waals surface area contributed by atoms with Crippen LogP contribution in [0, 0.1) is 20.2 Å². The van der Waals surface area contributed by atoms with E-state index in [9.17, 15) is 29.8 Å². The fourth-order valence-corrected chi connectivity index (χ4v) is 4.77. The third kappa shape index (κ3) is 5.84. The minimum Gasteiger partial charge on any atom is -0.490 e. The molecule has 3 aromatic rings. The summed E-state index contributed by atoms with van der Waals surface area (Å²) in [6, 6.07) is 15.0. The summed E-state index contributed by atoms with van der Waals surface area (Å²) in [7, 11) is 0. The van der Waals surface area contributed by atoms with Crippen LogP contribution in [0.1, 0.15) is 18.1 Å². The number of amides is 2. The van der Waals surface area contributed by atoms with E-state index in [0.717, 1.165) is 44.9 Å². The Morgan fingerprint density at radius 2 is 1.71 bits per heavy atom. The smallest absolute Gasteiger partial charge is 0.318 e. The summed E-state index contributed by atoms with van der Waals surface area (Å²) in [5, 5.41) is 22.1. The van der Waals surface area contributed by atoms with Crippen molar-refractivity contribution in [2.24, 2.45) is 0 Å². The second-order valence-corrected chi connectivity index (χ2v) is 9.61. The maximum atomic E-state index is 13.0. The number of nitrogens with zero attached hydrogens (tertiary/aromatic N) is 3. The lowest BCUT2D eigenvalue weighted by atomic mass is 10.1. The van der Waals surface area contributed by atoms with Crippen LogP contribution in [0.5, 0.6) is 17.2 Å². The molecule has 1 aliphatic heterocycles. The molecule has 1 saturated heterocycles. The predicted octanol–water partition coefficient (Wildman–Crippen LogP) is 6.69. The molecule has 4 rings (SSSR count). The second-order valence-electron chi connectivity index (χ2n) is 7.77. The number of rotatable bonds is 9. The average Bonchev–Trinajstić information content (AvgIpc) is 3.14. The van der Waals surface area contributed by atoms with Gasteiger partial charge in [0.1, 0.15) is 0 Å². The van der Waals surface area contributed by atoms with Crippen molar-refractivity contribution in [2.75, 3.05) is 6.61 Å². The van der Waals surface area contributed by atoms with Crippen LogP contribution in [0.25, 0.3) is 6.08 Å². The lowest BCUT2D eigenvalue weighted by Gasteiger charge is -2.13. The third-order valence-corrected chi connectivity index (χ3v) is 6.98. The highest BCUT2D eigenvalue weighted by Crippen LogP contribution is 2.40. The summed E-state index contributed by atoms with van der Waals surface area (Å²) in [5.41, 5.74) is 0.296. The summed E-state index contributed by atoms with van der Waals surface area (Å²) in [4.78, 5) is 47.8. The molecule has 0 aliphatic carbocycles. The van der Waals surface area contributed by atoms with Crippen molar-refractivity contribution in [1.82, 2.24) is 4.90 Å². The van der Waals surface area contributed by atoms with Gasteiger partial charge in [-0.3, -0.25) is 34.7 Å². The van der Waals surface area contributed by atoms with Crippen molar-refractivity contribution in [2.45, 2.75) is 13.5 Å². The van der Waals surface area contributed by atoms with Gasteiger partial charge >= 0.3 is 5.69 Å². The molecule has 38 heavy (non-hydrogen) atoms. The highest BCUT2D eigenvalue weighted by Gasteiger charge is 2.35. The van der Waals surface area contributed by atoms with Gasteiger partial charge in [-0.05, 0) is 60.2 Å². The number of hydrogen-bond acceptors (Lipinski definition) is 9. The first-order valence-corrected chi connectivity index (χ1v) is 12.6. The van der Waals surface area contributed by atoms with E-state index < -0.39 is 32.4 Å². The Hall–Kier alpha value is -4.23. The number of ether oxygens (including phenoxy) is 2. The minimum absolute atomic E-state index is 0.119. The molecule has 2 amide bonds. The molecule has 0 spiro atoms. The summed E-state index contributed by atoms with van der Waals surface area (Å²) in [6.07, 6.45) is 1.55. The van der Waals surface area contributed by atoms with E-state index in [-0.39, 0.29) is 35.3 Å². The van der Waals surface area contributed by atoms with E-state index in [1.54, 1.807) is 25.1 Å². The van der Waals surface area contributed by atoms with E-state index >= 15 is 0 Å². The highest BCUT2D eigenvalue weighted by atomic mass is 79.9. The predicted molar refractivity (Wildman–Crippen MR) is 143 cm³/mol. The topological polar surface area (TPSA) is 142 Å². The third-order valence-electron chi connectivity index (χ3n) is 5.30. The number of non-ortho nitro benzene ring substituents is 1. The molecular formula is C25H18BrN3O8S. The molecule has 0 unspecified atom stereocenters. The minimum atomic E-state index is -0.777. The zero-order valence-electron chi connectivity index (χ0n) is 19.7. The van der Waals surface area contributed by atoms with Crippen LogP contribution in [0.15, 0.2) is 70.0 Å². The molecule has 0 saturated carbocycles. The van der Waals surface area contributed by atoms with Crippen molar-refractivity contribution < 1.29 is 28.9 Å². The Morgan fingerprint density at radius 1 is 0.974 bits per heavy atom. The van der Waals surface area contributed by atoms with Gasteiger partial charge in [0.25, 0.3) is 16.8 Å². The van der Waals surface area contributed by atoms with Crippen molar-refractivity contribution in [1.29, 1.82) is 0 Å². The lowest BCUT2D eigenvalue weighted by molar-refractivity contribution is -0.394. The molecule has 194 valence electrons. The quantitative estimate of drug-likeness (QED) is 0.149. The Labute approximate surface area is 228 Å². The Morgan fingerprint density at radius 3 is 2.39 bits per heavy atom. The molecule has 0 aromatic heterocycles. The molecule has 3 aromatic carbocycles. The van der Waals surface area contributed by atoms with Gasteiger partial charge in [0.15, 0.2) is 11.5 Å². The number of nitro groups is 2. The van der Waals surface area contributed by atoms with Gasteiger partial charge in [-0.25, -0.2) is 0 Å². The van der Waals surface area contributed by atoms with Crippen molar-refractivity contribution in [3.63, 3.8) is 0 Å². The number of thioether (sulfide) groups is 1. The molecule has 0 N–H and O–H groups in total. The van der Waals surface area contributed by atoms with Crippen LogP contribution < -0.4 is 9.47 Å². The van der Waals surface area contributed by atoms with Gasteiger partial charge in [-0.2, -0.15) is 0 Å². The van der Waals surface area contributed by atoms with Crippen LogP contribution in [0.4, 0.5) is 16.2 Å². The molecule has 0 atom stereocenters. The summed E-state index contributed by atoms with van der Waals surface area (Å²) < 4.78 is 12.1. The number of halogens is 1. The molecular weight excluding hydrogens is 582 g/mol. The highest BCUT2D eigenvalue weighted by molar-refractivity contribution is 9.10. The lowest BCUT2D eigenvalue weighted by Crippen LogP contribution is -2.27. The molecule has 13 heteroatoms. The van der Waals surface area contributed by atoms with Gasteiger partial charge in [-0.15, -0.1) is 0 Å². The first-order chi connectivity index (χ1) is 18.2. The fourth-order valence-electron chi connectivity index (χ4n) is 3.52.